The Kier molecular flexibility index (Phi) is 3.52. The van der Waals surface area contributed by atoms with Gasteiger partial charge in [0.1, 0.15) is 5.69 Å². The predicted octanol–water partition coefficient (Wildman–Crippen LogP) is 1.41. The molecule has 2 heterocycles. The van der Waals surface area contributed by atoms with Crippen LogP contribution in [-0.2, 0) is 6.54 Å². The van der Waals surface area contributed by atoms with Gasteiger partial charge in [-0.1, -0.05) is 25.1 Å². The summed E-state index contributed by atoms with van der Waals surface area (Å²) in [7, 11) is 0. The lowest BCUT2D eigenvalue weighted by atomic mass is 9.93. The van der Waals surface area contributed by atoms with Crippen LogP contribution in [0, 0.1) is 5.41 Å². The van der Waals surface area contributed by atoms with Gasteiger partial charge in [0.25, 0.3) is 0 Å². The summed E-state index contributed by atoms with van der Waals surface area (Å²) in [5.74, 6) is 0.0732. The minimum Gasteiger partial charge on any atom is -0.409 e. The minimum atomic E-state index is 0.0732. The molecule has 5 heteroatoms. The molecular formula is C13H20N4O. The van der Waals surface area contributed by atoms with Crippen LogP contribution in [0.1, 0.15) is 31.5 Å². The van der Waals surface area contributed by atoms with Crippen molar-refractivity contribution >= 4 is 5.84 Å². The number of hydrogen-bond donors (Lipinski definition) is 2. The SMILES string of the molecule is CC1(C)CCN(Cc2cccnc2C(N)=NO)C1. The zero-order chi connectivity index (χ0) is 13.2. The van der Waals surface area contributed by atoms with Gasteiger partial charge < -0.3 is 10.9 Å². The van der Waals surface area contributed by atoms with Crippen LogP contribution < -0.4 is 5.73 Å². The van der Waals surface area contributed by atoms with Crippen molar-refractivity contribution in [1.82, 2.24) is 9.88 Å². The molecule has 1 fully saturated rings. The van der Waals surface area contributed by atoms with Crippen molar-refractivity contribution in [3.05, 3.63) is 29.6 Å². The first-order chi connectivity index (χ1) is 8.52. The highest BCUT2D eigenvalue weighted by Crippen LogP contribution is 2.29. The maximum Gasteiger partial charge on any atom is 0.189 e. The molecule has 0 unspecified atom stereocenters. The van der Waals surface area contributed by atoms with Crippen molar-refractivity contribution in [1.29, 1.82) is 0 Å². The number of nitrogens with zero attached hydrogens (tertiary/aromatic N) is 3. The number of aromatic nitrogens is 1. The summed E-state index contributed by atoms with van der Waals surface area (Å²) in [5.41, 5.74) is 7.59. The van der Waals surface area contributed by atoms with Gasteiger partial charge in [0.2, 0.25) is 0 Å². The standard InChI is InChI=1S/C13H20N4O/c1-13(2)5-7-17(9-13)8-10-4-3-6-15-11(10)12(14)16-18/h3-4,6,18H,5,7-9H2,1-2H3,(H2,14,16). The van der Waals surface area contributed by atoms with Gasteiger partial charge in [-0.25, -0.2) is 0 Å². The first-order valence-electron chi connectivity index (χ1n) is 6.16. The van der Waals surface area contributed by atoms with Gasteiger partial charge in [0.15, 0.2) is 5.84 Å². The van der Waals surface area contributed by atoms with Crippen LogP contribution in [0.25, 0.3) is 0 Å². The molecule has 0 radical (unpaired) electrons. The molecule has 5 nitrogen and oxygen atoms in total. The lowest BCUT2D eigenvalue weighted by Crippen LogP contribution is -2.25. The van der Waals surface area contributed by atoms with Crippen LogP contribution in [-0.4, -0.2) is 34.0 Å². The number of rotatable bonds is 3. The molecule has 0 bridgehead atoms. The number of amidine groups is 1. The third-order valence-corrected chi connectivity index (χ3v) is 3.39. The molecule has 3 N–H and O–H groups in total. The number of hydrogen-bond acceptors (Lipinski definition) is 4. The highest BCUT2D eigenvalue weighted by molar-refractivity contribution is 5.96. The molecule has 1 aliphatic heterocycles. The first kappa shape index (κ1) is 12.8. The number of pyridine rings is 1. The average Bonchev–Trinajstić information content (AvgIpc) is 2.68. The third kappa shape index (κ3) is 2.79. The maximum atomic E-state index is 8.77. The van der Waals surface area contributed by atoms with Crippen molar-refractivity contribution in [3.63, 3.8) is 0 Å². The van der Waals surface area contributed by atoms with Crippen LogP contribution in [0.3, 0.4) is 0 Å². The second-order valence-electron chi connectivity index (χ2n) is 5.62. The second-order valence-corrected chi connectivity index (χ2v) is 5.62. The summed E-state index contributed by atoms with van der Waals surface area (Å²) in [6.07, 6.45) is 2.86. The third-order valence-electron chi connectivity index (χ3n) is 3.39. The monoisotopic (exact) mass is 248 g/mol. The summed E-state index contributed by atoms with van der Waals surface area (Å²) in [4.78, 5) is 6.57. The van der Waals surface area contributed by atoms with Gasteiger partial charge in [0.05, 0.1) is 0 Å². The minimum absolute atomic E-state index is 0.0732. The van der Waals surface area contributed by atoms with E-state index < -0.39 is 0 Å². The second kappa shape index (κ2) is 4.94. The molecule has 0 saturated carbocycles. The summed E-state index contributed by atoms with van der Waals surface area (Å²) in [5, 5.41) is 11.8. The molecule has 0 aliphatic carbocycles. The lowest BCUT2D eigenvalue weighted by molar-refractivity contribution is 0.284. The molecule has 0 amide bonds. The highest BCUT2D eigenvalue weighted by Gasteiger charge is 2.29. The molecule has 0 aromatic carbocycles. The Bertz CT molecular complexity index is 456. The number of nitrogens with two attached hydrogens (primary N) is 1. The molecule has 1 aromatic rings. The quantitative estimate of drug-likeness (QED) is 0.367. The van der Waals surface area contributed by atoms with E-state index in [9.17, 15) is 0 Å². The van der Waals surface area contributed by atoms with Gasteiger partial charge in [0, 0.05) is 19.3 Å². The fourth-order valence-electron chi connectivity index (χ4n) is 2.44. The fraction of sp³-hybridized carbons (Fsp3) is 0.538. The van der Waals surface area contributed by atoms with E-state index >= 15 is 0 Å². The topological polar surface area (TPSA) is 74.7 Å². The average molecular weight is 248 g/mol. The Balaban J connectivity index is 2.15. The zero-order valence-electron chi connectivity index (χ0n) is 10.9. The molecule has 98 valence electrons. The van der Waals surface area contributed by atoms with Gasteiger partial charge in [-0.15, -0.1) is 0 Å². The Morgan fingerprint density at radius 2 is 2.39 bits per heavy atom. The predicted molar refractivity (Wildman–Crippen MR) is 70.4 cm³/mol. The number of oxime groups is 1. The van der Waals surface area contributed by atoms with Gasteiger partial charge in [-0.05, 0) is 30.0 Å². The largest absolute Gasteiger partial charge is 0.409 e. The molecule has 1 saturated heterocycles. The smallest absolute Gasteiger partial charge is 0.189 e. The molecular weight excluding hydrogens is 228 g/mol. The Morgan fingerprint density at radius 1 is 1.61 bits per heavy atom. The van der Waals surface area contributed by atoms with Gasteiger partial charge in [-0.3, -0.25) is 9.88 Å². The van der Waals surface area contributed by atoms with Gasteiger partial charge >= 0.3 is 0 Å². The normalized spacial score (nSPS) is 20.2. The van der Waals surface area contributed by atoms with E-state index in [0.29, 0.717) is 11.1 Å². The van der Waals surface area contributed by atoms with E-state index in [1.807, 2.05) is 12.1 Å². The number of likely N-dealkylation sites (tertiary alicyclic amines) is 1. The fourth-order valence-corrected chi connectivity index (χ4v) is 2.44. The molecule has 1 aliphatic rings. The Hall–Kier alpha value is -1.62. The van der Waals surface area contributed by atoms with Crippen LogP contribution in [0.15, 0.2) is 23.5 Å². The van der Waals surface area contributed by atoms with Crippen molar-refractivity contribution in [2.75, 3.05) is 13.1 Å². The molecule has 0 atom stereocenters. The van der Waals surface area contributed by atoms with E-state index in [2.05, 4.69) is 28.9 Å². The Morgan fingerprint density at radius 3 is 3.00 bits per heavy atom. The molecule has 18 heavy (non-hydrogen) atoms. The van der Waals surface area contributed by atoms with E-state index in [1.165, 1.54) is 6.42 Å². The van der Waals surface area contributed by atoms with Crippen LogP contribution in [0.5, 0.6) is 0 Å². The van der Waals surface area contributed by atoms with Crippen molar-refractivity contribution < 1.29 is 5.21 Å². The zero-order valence-corrected chi connectivity index (χ0v) is 10.9. The molecule has 0 spiro atoms. The first-order valence-corrected chi connectivity index (χ1v) is 6.16. The van der Waals surface area contributed by atoms with Crippen LogP contribution >= 0.6 is 0 Å². The van der Waals surface area contributed by atoms with Crippen molar-refractivity contribution in [3.8, 4) is 0 Å². The molecule has 2 rings (SSSR count). The van der Waals surface area contributed by atoms with Crippen LogP contribution in [0.2, 0.25) is 0 Å². The van der Waals surface area contributed by atoms with E-state index in [-0.39, 0.29) is 5.84 Å². The maximum absolute atomic E-state index is 8.77. The van der Waals surface area contributed by atoms with Crippen molar-refractivity contribution in [2.45, 2.75) is 26.8 Å². The van der Waals surface area contributed by atoms with Crippen LogP contribution in [0.4, 0.5) is 0 Å². The summed E-state index contributed by atoms with van der Waals surface area (Å²) in [6.45, 7) is 7.50. The van der Waals surface area contributed by atoms with E-state index in [0.717, 1.165) is 25.2 Å². The van der Waals surface area contributed by atoms with Gasteiger partial charge in [-0.2, -0.15) is 0 Å². The lowest BCUT2D eigenvalue weighted by Gasteiger charge is -2.20. The van der Waals surface area contributed by atoms with E-state index in [1.54, 1.807) is 6.20 Å². The summed E-state index contributed by atoms with van der Waals surface area (Å²) in [6, 6.07) is 3.86. The van der Waals surface area contributed by atoms with E-state index in [4.69, 9.17) is 10.9 Å². The summed E-state index contributed by atoms with van der Waals surface area (Å²) >= 11 is 0. The highest BCUT2D eigenvalue weighted by atomic mass is 16.4. The Labute approximate surface area is 107 Å². The summed E-state index contributed by atoms with van der Waals surface area (Å²) < 4.78 is 0. The van der Waals surface area contributed by atoms with Crippen molar-refractivity contribution in [2.24, 2.45) is 16.3 Å². The molecule has 1 aromatic heterocycles.